The van der Waals surface area contributed by atoms with Gasteiger partial charge in [-0.25, -0.2) is 0 Å². The highest BCUT2D eigenvalue weighted by atomic mass is 16.2. The first-order chi connectivity index (χ1) is 33.8. The Morgan fingerprint density at radius 2 is 1.32 bits per heavy atom. The molecule has 20 heteroatoms. The molecule has 1 aliphatic heterocycles. The molecule has 20 nitrogen and oxygen atoms in total. The molecule has 0 saturated heterocycles. The maximum absolute atomic E-state index is 14.8. The molecule has 0 fully saturated rings. The lowest BCUT2D eigenvalue weighted by Gasteiger charge is -2.34. The van der Waals surface area contributed by atoms with Crippen molar-refractivity contribution in [1.29, 1.82) is 0 Å². The number of aromatic nitrogens is 1. The minimum Gasteiger partial charge on any atom is -0.368 e. The minimum atomic E-state index is -1.59. The Kier molecular flexibility index (Phi) is 25.2. The third kappa shape index (κ3) is 19.7. The molecule has 0 unspecified atom stereocenters. The van der Waals surface area contributed by atoms with Crippen LogP contribution in [0.5, 0.6) is 0 Å². The van der Waals surface area contributed by atoms with Crippen LogP contribution in [0, 0.1) is 5.92 Å². The highest BCUT2D eigenvalue weighted by Crippen LogP contribution is 2.23. The van der Waals surface area contributed by atoms with Crippen molar-refractivity contribution in [2.24, 2.45) is 28.9 Å². The van der Waals surface area contributed by atoms with Crippen LogP contribution in [0.4, 0.5) is 0 Å². The number of amides is 8. The second kappa shape index (κ2) is 30.1. The maximum atomic E-state index is 14.8. The molecule has 2 heterocycles. The molecule has 71 heavy (non-hydrogen) atoms. The van der Waals surface area contributed by atoms with Crippen LogP contribution in [0.3, 0.4) is 0 Å². The van der Waals surface area contributed by atoms with Crippen molar-refractivity contribution >= 4 is 58.2 Å². The Morgan fingerprint density at radius 3 is 1.94 bits per heavy atom. The lowest BCUT2D eigenvalue weighted by Crippen LogP contribution is -2.64. The van der Waals surface area contributed by atoms with Crippen LogP contribution in [-0.2, 0) is 44.8 Å². The standard InChI is InChI=1S/C51H84N12O8/c1-33(2)30-41-47(69)63-50(4,48(70)60-38(43(55)65)22-12-17-27-52)25-15-8-6-7-9-16-26-51(5,62-46(68)40(57-34(3)64)24-14-19-29-54)49(71)61-42(31-35-32-56-37-21-11-10-20-36(35)37)45(67)58-39(44(66)59-41)23-13-18-28-53/h6-7,10-11,20-21,32-33,38-42,56H,8-9,12-19,22-31,52-54H2,1-5H3,(H2,55,65)(H,57,64)(H,58,67)(H,59,66)(H,60,70)(H,61,71)(H,62,68)(H,63,69)/b7-6-/t38-,39-,40-,41-,42-,50-,51-/m0/s1. The Bertz CT molecular complexity index is 2110. The zero-order valence-corrected chi connectivity index (χ0v) is 42.7. The van der Waals surface area contributed by atoms with Crippen molar-refractivity contribution in [3.63, 3.8) is 0 Å². The van der Waals surface area contributed by atoms with E-state index < -0.39 is 88.5 Å². The Morgan fingerprint density at radius 1 is 0.732 bits per heavy atom. The first-order valence-corrected chi connectivity index (χ1v) is 25.5. The first kappa shape index (κ1) is 59.4. The monoisotopic (exact) mass is 993 g/mol. The predicted octanol–water partition coefficient (Wildman–Crippen LogP) is 1.73. The fraction of sp³-hybridized carbons (Fsp3) is 0.647. The van der Waals surface area contributed by atoms with Crippen molar-refractivity contribution in [1.82, 2.24) is 42.2 Å². The van der Waals surface area contributed by atoms with E-state index in [0.717, 1.165) is 10.9 Å². The fourth-order valence-electron chi connectivity index (χ4n) is 8.73. The summed E-state index contributed by atoms with van der Waals surface area (Å²) in [5.74, 6) is -5.10. The Hall–Kier alpha value is -5.86. The number of primary amides is 1. The van der Waals surface area contributed by atoms with E-state index in [-0.39, 0.29) is 50.9 Å². The molecular weight excluding hydrogens is 909 g/mol. The summed E-state index contributed by atoms with van der Waals surface area (Å²) >= 11 is 0. The Balaban J connectivity index is 2.15. The summed E-state index contributed by atoms with van der Waals surface area (Å²) in [5, 5.41) is 20.8. The van der Waals surface area contributed by atoms with Crippen molar-refractivity contribution in [3.05, 3.63) is 48.2 Å². The third-order valence-electron chi connectivity index (χ3n) is 12.9. The summed E-state index contributed by atoms with van der Waals surface area (Å²) in [5.41, 5.74) is 21.3. The third-order valence-corrected chi connectivity index (χ3v) is 12.9. The molecule has 0 aliphatic carbocycles. The highest BCUT2D eigenvalue weighted by Gasteiger charge is 2.41. The molecule has 3 rings (SSSR count). The number of aromatic amines is 1. The van der Waals surface area contributed by atoms with E-state index in [4.69, 9.17) is 22.9 Å². The van der Waals surface area contributed by atoms with Gasteiger partial charge in [0.25, 0.3) is 0 Å². The molecule has 0 saturated carbocycles. The predicted molar refractivity (Wildman–Crippen MR) is 275 cm³/mol. The molecule has 8 amide bonds. The number of carbonyl (C=O) groups is 8. The summed E-state index contributed by atoms with van der Waals surface area (Å²) in [4.78, 5) is 115. The van der Waals surface area contributed by atoms with E-state index in [9.17, 15) is 38.4 Å². The van der Waals surface area contributed by atoms with Crippen LogP contribution in [0.2, 0.25) is 0 Å². The van der Waals surface area contributed by atoms with Gasteiger partial charge in [0.2, 0.25) is 47.3 Å². The van der Waals surface area contributed by atoms with Gasteiger partial charge in [0.05, 0.1) is 0 Å². The SMILES string of the molecule is CC(=O)N[C@@H](CCCCN)C(=O)N[C@@]1(C)CCC/C=C\CCC[C@@](C)(C(=O)N[C@@H](CCCCN)C(N)=O)NC(=O)[C@H](CC(C)C)NC(=O)[C@H](CCCCN)NC(=O)[C@H](Cc2c[nH]c3ccccc23)NC1=O. The van der Waals surface area contributed by atoms with Gasteiger partial charge >= 0.3 is 0 Å². The molecule has 1 aromatic heterocycles. The number of nitrogens with two attached hydrogens (primary N) is 4. The topological polar surface area (TPSA) is 341 Å². The molecular formula is C51H84N12O8. The lowest BCUT2D eigenvalue weighted by molar-refractivity contribution is -0.138. The van der Waals surface area contributed by atoms with Gasteiger partial charge < -0.3 is 65.1 Å². The normalized spacial score (nSPS) is 23.5. The van der Waals surface area contributed by atoms with Crippen LogP contribution in [0.25, 0.3) is 10.9 Å². The summed E-state index contributed by atoms with van der Waals surface area (Å²) < 4.78 is 0. The van der Waals surface area contributed by atoms with Gasteiger partial charge in [0, 0.05) is 30.4 Å². The van der Waals surface area contributed by atoms with Crippen LogP contribution in [0.15, 0.2) is 42.6 Å². The van der Waals surface area contributed by atoms with Gasteiger partial charge in [0.1, 0.15) is 41.3 Å². The number of carbonyl (C=O) groups excluding carboxylic acids is 8. The van der Waals surface area contributed by atoms with E-state index in [1.54, 1.807) is 20.0 Å². The zero-order valence-electron chi connectivity index (χ0n) is 42.7. The van der Waals surface area contributed by atoms with Crippen LogP contribution < -0.4 is 60.2 Å². The average Bonchev–Trinajstić information content (AvgIpc) is 3.72. The minimum absolute atomic E-state index is 0.0122. The largest absolute Gasteiger partial charge is 0.368 e. The molecule has 0 radical (unpaired) electrons. The molecule has 1 aliphatic rings. The molecule has 1 aromatic carbocycles. The molecule has 2 aromatic rings. The molecule has 7 atom stereocenters. The van der Waals surface area contributed by atoms with Crippen molar-refractivity contribution < 1.29 is 38.4 Å². The summed E-state index contributed by atoms with van der Waals surface area (Å²) in [7, 11) is 0. The molecule has 0 spiro atoms. The van der Waals surface area contributed by atoms with Gasteiger partial charge in [-0.2, -0.15) is 0 Å². The van der Waals surface area contributed by atoms with Gasteiger partial charge in [-0.15, -0.1) is 0 Å². The highest BCUT2D eigenvalue weighted by molar-refractivity contribution is 5.99. The van der Waals surface area contributed by atoms with Crippen LogP contribution in [-0.4, -0.2) is 113 Å². The molecule has 0 bridgehead atoms. The second-order valence-electron chi connectivity index (χ2n) is 19.8. The molecule has 396 valence electrons. The quantitative estimate of drug-likeness (QED) is 0.0596. The van der Waals surface area contributed by atoms with Gasteiger partial charge in [-0.3, -0.25) is 38.4 Å². The number of rotatable bonds is 22. The zero-order chi connectivity index (χ0) is 52.6. The van der Waals surface area contributed by atoms with E-state index >= 15 is 0 Å². The number of unbranched alkanes of at least 4 members (excludes halogenated alkanes) is 3. The number of allylic oxidation sites excluding steroid dienone is 2. The van der Waals surface area contributed by atoms with Gasteiger partial charge in [-0.05, 0) is 154 Å². The number of para-hydroxylation sites is 1. The fourth-order valence-corrected chi connectivity index (χ4v) is 8.73. The van der Waals surface area contributed by atoms with E-state index in [1.165, 1.54) is 6.92 Å². The van der Waals surface area contributed by atoms with Crippen molar-refractivity contribution in [3.8, 4) is 0 Å². The number of hydrogen-bond acceptors (Lipinski definition) is 11. The smallest absolute Gasteiger partial charge is 0.246 e. The number of nitrogens with one attached hydrogen (secondary N) is 8. The first-order valence-electron chi connectivity index (χ1n) is 25.5. The van der Waals surface area contributed by atoms with Gasteiger partial charge in [0.15, 0.2) is 0 Å². The maximum Gasteiger partial charge on any atom is 0.246 e. The van der Waals surface area contributed by atoms with E-state index in [0.29, 0.717) is 89.4 Å². The summed E-state index contributed by atoms with van der Waals surface area (Å²) in [6, 6.07) is 1.88. The van der Waals surface area contributed by atoms with Gasteiger partial charge in [-0.1, -0.05) is 44.2 Å². The summed E-state index contributed by atoms with van der Waals surface area (Å²) in [6.07, 6.45) is 11.8. The van der Waals surface area contributed by atoms with Crippen molar-refractivity contribution in [2.75, 3.05) is 19.6 Å². The number of fused-ring (bicyclic) bond motifs is 1. The number of benzene rings is 1. The van der Waals surface area contributed by atoms with Crippen LogP contribution >= 0.6 is 0 Å². The van der Waals surface area contributed by atoms with Crippen LogP contribution in [0.1, 0.15) is 143 Å². The summed E-state index contributed by atoms with van der Waals surface area (Å²) in [6.45, 7) is 9.34. The number of hydrogen-bond donors (Lipinski definition) is 12. The average molecular weight is 993 g/mol. The van der Waals surface area contributed by atoms with Crippen molar-refractivity contribution in [2.45, 2.75) is 185 Å². The second-order valence-corrected chi connectivity index (χ2v) is 19.8. The molecule has 16 N–H and O–H groups in total. The Labute approximate surface area is 419 Å². The lowest BCUT2D eigenvalue weighted by atomic mass is 9.91. The van der Waals surface area contributed by atoms with E-state index in [2.05, 4.69) is 42.2 Å². The number of H-pyrrole nitrogens is 1. The van der Waals surface area contributed by atoms with E-state index in [1.807, 2.05) is 50.3 Å².